The van der Waals surface area contributed by atoms with Gasteiger partial charge in [0.2, 0.25) is 16.0 Å². The minimum absolute atomic E-state index is 0.0571. The number of amides is 2. The van der Waals surface area contributed by atoms with Gasteiger partial charge in [-0.3, -0.25) is 9.36 Å². The number of anilines is 1. The van der Waals surface area contributed by atoms with E-state index in [4.69, 9.17) is 4.98 Å². The summed E-state index contributed by atoms with van der Waals surface area (Å²) in [7, 11) is -3.30. The van der Waals surface area contributed by atoms with E-state index in [1.54, 1.807) is 10.8 Å². The highest BCUT2D eigenvalue weighted by Crippen LogP contribution is 2.29. The molecule has 3 aromatic rings. The molecule has 2 aromatic heterocycles. The predicted octanol–water partition coefficient (Wildman–Crippen LogP) is 3.75. The van der Waals surface area contributed by atoms with Crippen molar-refractivity contribution in [3.63, 3.8) is 0 Å². The fourth-order valence-corrected chi connectivity index (χ4v) is 6.71. The van der Waals surface area contributed by atoms with Gasteiger partial charge in [-0.05, 0) is 70.6 Å². The van der Waals surface area contributed by atoms with Gasteiger partial charge in [0.15, 0.2) is 0 Å². The molecule has 4 heterocycles. The molecular weight excluding hydrogens is 554 g/mol. The lowest BCUT2D eigenvalue weighted by molar-refractivity contribution is 0.175. The zero-order valence-electron chi connectivity index (χ0n) is 25.1. The van der Waals surface area contributed by atoms with Gasteiger partial charge in [-0.2, -0.15) is 4.98 Å². The van der Waals surface area contributed by atoms with Gasteiger partial charge in [0, 0.05) is 60.9 Å². The van der Waals surface area contributed by atoms with Crippen LogP contribution in [0, 0.1) is 6.92 Å². The van der Waals surface area contributed by atoms with E-state index in [1.165, 1.54) is 10.6 Å². The number of hydrogen-bond acceptors (Lipinski definition) is 7. The fraction of sp³-hybridized carbons (Fsp3) is 0.533. The number of carbonyl (C=O) groups is 1. The highest BCUT2D eigenvalue weighted by molar-refractivity contribution is 7.88. The Balaban J connectivity index is 1.44. The van der Waals surface area contributed by atoms with E-state index in [-0.39, 0.29) is 29.2 Å². The van der Waals surface area contributed by atoms with E-state index in [9.17, 15) is 18.0 Å². The minimum atomic E-state index is -3.30. The van der Waals surface area contributed by atoms with Crippen molar-refractivity contribution < 1.29 is 13.2 Å². The summed E-state index contributed by atoms with van der Waals surface area (Å²) in [6.07, 6.45) is 5.51. The van der Waals surface area contributed by atoms with Crippen LogP contribution in [-0.4, -0.2) is 82.2 Å². The van der Waals surface area contributed by atoms with Crippen LogP contribution in [0.2, 0.25) is 0 Å². The third-order valence-corrected chi connectivity index (χ3v) is 9.37. The number of aromatic nitrogens is 3. The number of nitrogens with zero attached hydrogens (tertiary/aromatic N) is 5. The summed E-state index contributed by atoms with van der Waals surface area (Å²) in [6.45, 7) is 9.83. The summed E-state index contributed by atoms with van der Waals surface area (Å²) in [6, 6.07) is 9.48. The van der Waals surface area contributed by atoms with Crippen molar-refractivity contribution in [2.45, 2.75) is 71.0 Å². The topological polar surface area (TPSA) is 130 Å². The van der Waals surface area contributed by atoms with E-state index in [2.05, 4.69) is 15.6 Å². The number of hydrogen-bond donors (Lipinski definition) is 2. The number of pyridine rings is 1. The van der Waals surface area contributed by atoms with Gasteiger partial charge >= 0.3 is 6.03 Å². The maximum absolute atomic E-state index is 14.1. The van der Waals surface area contributed by atoms with Crippen molar-refractivity contribution in [2.24, 2.45) is 0 Å². The van der Waals surface area contributed by atoms with Crippen LogP contribution in [0.15, 0.2) is 41.3 Å². The molecule has 11 nitrogen and oxygen atoms in total. The number of sulfonamides is 1. The van der Waals surface area contributed by atoms with Crippen molar-refractivity contribution in [3.05, 3.63) is 52.4 Å². The van der Waals surface area contributed by atoms with Gasteiger partial charge in [0.1, 0.15) is 5.65 Å². The van der Waals surface area contributed by atoms with Crippen LogP contribution >= 0.6 is 0 Å². The second-order valence-electron chi connectivity index (χ2n) is 12.5. The molecule has 5 rings (SSSR count). The van der Waals surface area contributed by atoms with E-state index >= 15 is 0 Å². The van der Waals surface area contributed by atoms with Crippen molar-refractivity contribution in [3.8, 4) is 11.1 Å². The first-order chi connectivity index (χ1) is 19.8. The van der Waals surface area contributed by atoms with Gasteiger partial charge in [0.05, 0.1) is 6.26 Å². The molecule has 0 atom stereocenters. The molecule has 2 aliphatic rings. The Morgan fingerprint density at radius 2 is 1.67 bits per heavy atom. The van der Waals surface area contributed by atoms with Crippen LogP contribution in [0.3, 0.4) is 0 Å². The number of piperidine rings is 2. The van der Waals surface area contributed by atoms with Crippen LogP contribution in [0.4, 0.5) is 10.7 Å². The summed E-state index contributed by atoms with van der Waals surface area (Å²) >= 11 is 0. The van der Waals surface area contributed by atoms with E-state index in [0.29, 0.717) is 56.2 Å². The summed E-state index contributed by atoms with van der Waals surface area (Å²) in [5.41, 5.74) is 2.54. The lowest BCUT2D eigenvalue weighted by Gasteiger charge is -2.34. The number of nitrogens with one attached hydrogen (secondary N) is 2. The molecule has 2 saturated heterocycles. The van der Waals surface area contributed by atoms with Crippen LogP contribution in [0.5, 0.6) is 0 Å². The third kappa shape index (κ3) is 6.59. The second kappa shape index (κ2) is 11.6. The molecule has 0 aliphatic carbocycles. The maximum atomic E-state index is 14.1. The number of likely N-dealkylation sites (tertiary alicyclic amines) is 1. The number of rotatable bonds is 5. The first-order valence-electron chi connectivity index (χ1n) is 14.6. The normalized spacial score (nSPS) is 17.9. The Morgan fingerprint density at radius 1 is 1.00 bits per heavy atom. The van der Waals surface area contributed by atoms with Crippen LogP contribution in [-0.2, 0) is 10.0 Å². The highest BCUT2D eigenvalue weighted by atomic mass is 32.2. The molecule has 42 heavy (non-hydrogen) atoms. The number of urea groups is 1. The molecule has 12 heteroatoms. The molecule has 1 aromatic carbocycles. The van der Waals surface area contributed by atoms with Crippen molar-refractivity contribution in [2.75, 3.05) is 37.8 Å². The number of fused-ring (bicyclic) bond motifs is 1. The zero-order chi connectivity index (χ0) is 30.2. The number of carbonyl (C=O) groups excluding carboxylic acids is 1. The largest absolute Gasteiger partial charge is 0.351 e. The van der Waals surface area contributed by atoms with Crippen molar-refractivity contribution in [1.82, 2.24) is 29.1 Å². The summed E-state index contributed by atoms with van der Waals surface area (Å²) in [5, 5.41) is 7.20. The Bertz CT molecular complexity index is 1630. The van der Waals surface area contributed by atoms with Crippen molar-refractivity contribution in [1.29, 1.82) is 0 Å². The van der Waals surface area contributed by atoms with E-state index in [1.807, 2.05) is 62.9 Å². The molecule has 0 saturated carbocycles. The Kier molecular flexibility index (Phi) is 8.30. The van der Waals surface area contributed by atoms with Gasteiger partial charge in [-0.1, -0.05) is 24.3 Å². The molecule has 2 N–H and O–H groups in total. The molecule has 0 spiro atoms. The molecule has 226 valence electrons. The molecule has 0 radical (unpaired) electrons. The first kappa shape index (κ1) is 30.0. The minimum Gasteiger partial charge on any atom is -0.351 e. The molecular formula is C30H41N7O4S. The molecule has 2 aliphatic heterocycles. The Labute approximate surface area is 247 Å². The van der Waals surface area contributed by atoms with Crippen LogP contribution < -0.4 is 16.2 Å². The van der Waals surface area contributed by atoms with Crippen molar-refractivity contribution >= 4 is 33.0 Å². The molecule has 2 amide bonds. The predicted molar refractivity (Wildman–Crippen MR) is 165 cm³/mol. The number of aryl methyl sites for hydroxylation is 1. The summed E-state index contributed by atoms with van der Waals surface area (Å²) in [5.74, 6) is 0.436. The smallest absolute Gasteiger partial charge is 0.317 e. The first-order valence-corrected chi connectivity index (χ1v) is 16.4. The van der Waals surface area contributed by atoms with E-state index in [0.717, 1.165) is 29.4 Å². The SMILES string of the molecule is Cc1ccccc1-c1cc2cnc(NC3CCN(C(=O)NC(C)(C)C)CC3)nc2n(C2CCN(S(C)(=O)=O)CC2)c1=O. The van der Waals surface area contributed by atoms with Gasteiger partial charge in [-0.25, -0.2) is 22.5 Å². The van der Waals surface area contributed by atoms with Gasteiger partial charge in [0.25, 0.3) is 5.56 Å². The lowest BCUT2D eigenvalue weighted by Crippen LogP contribution is -2.51. The maximum Gasteiger partial charge on any atom is 0.317 e. The van der Waals surface area contributed by atoms with Crippen LogP contribution in [0.25, 0.3) is 22.2 Å². The molecule has 2 fully saturated rings. The molecule has 0 unspecified atom stereocenters. The average molecular weight is 596 g/mol. The standard InChI is InChI=1S/C30H41N7O4S/c1-20-8-6-7-9-24(20)25-18-21-19-31-28(32-22-10-14-35(15-11-22)29(39)34-30(2,3)4)33-26(21)37(27(25)38)23-12-16-36(17-13-23)42(5,40)41/h6-9,18-19,22-23H,10-17H2,1-5H3,(H,34,39)(H,31,32,33). The average Bonchev–Trinajstić information content (AvgIpc) is 2.92. The van der Waals surface area contributed by atoms with Gasteiger partial charge in [-0.15, -0.1) is 0 Å². The Morgan fingerprint density at radius 3 is 2.29 bits per heavy atom. The fourth-order valence-electron chi connectivity index (χ4n) is 5.84. The quantitative estimate of drug-likeness (QED) is 0.460. The van der Waals surface area contributed by atoms with E-state index < -0.39 is 10.0 Å². The zero-order valence-corrected chi connectivity index (χ0v) is 25.9. The summed E-state index contributed by atoms with van der Waals surface area (Å²) in [4.78, 5) is 38.0. The van der Waals surface area contributed by atoms with Crippen LogP contribution in [0.1, 0.15) is 58.1 Å². The second-order valence-corrected chi connectivity index (χ2v) is 14.5. The monoisotopic (exact) mass is 595 g/mol. The van der Waals surface area contributed by atoms with Gasteiger partial charge < -0.3 is 15.5 Å². The third-order valence-electron chi connectivity index (χ3n) is 8.06. The lowest BCUT2D eigenvalue weighted by atomic mass is 9.99. The highest BCUT2D eigenvalue weighted by Gasteiger charge is 2.29. The molecule has 0 bridgehead atoms. The number of benzene rings is 1. The summed E-state index contributed by atoms with van der Waals surface area (Å²) < 4.78 is 27.5. The Hall–Kier alpha value is -3.51.